The first-order valence-corrected chi connectivity index (χ1v) is 7.61. The molecule has 1 aliphatic carbocycles. The van der Waals surface area contributed by atoms with E-state index in [0.29, 0.717) is 5.69 Å². The van der Waals surface area contributed by atoms with E-state index < -0.39 is 5.82 Å². The first kappa shape index (κ1) is 15.5. The highest BCUT2D eigenvalue weighted by atomic mass is 19.1. The first-order chi connectivity index (χ1) is 11.2. The van der Waals surface area contributed by atoms with Crippen LogP contribution in [0.25, 0.3) is 0 Å². The summed E-state index contributed by atoms with van der Waals surface area (Å²) >= 11 is 0. The van der Waals surface area contributed by atoms with Crippen LogP contribution in [0, 0.1) is 5.82 Å². The number of aliphatic hydroxyl groups excluding tert-OH is 1. The van der Waals surface area contributed by atoms with Gasteiger partial charge < -0.3 is 10.4 Å². The molecule has 1 amide bonds. The number of carbonyl (C=O) groups is 1. The Morgan fingerprint density at radius 2 is 2.22 bits per heavy atom. The molecule has 8 heteroatoms. The zero-order valence-corrected chi connectivity index (χ0v) is 12.5. The minimum Gasteiger partial charge on any atom is -0.390 e. The van der Waals surface area contributed by atoms with Crippen molar-refractivity contribution >= 4 is 5.91 Å². The lowest BCUT2D eigenvalue weighted by Crippen LogP contribution is -2.43. The van der Waals surface area contributed by atoms with Gasteiger partial charge in [-0.3, -0.25) is 4.79 Å². The number of hydrogen-bond acceptors (Lipinski definition) is 5. The maximum Gasteiger partial charge on any atom is 0.270 e. The molecule has 1 saturated carbocycles. The first-order valence-electron chi connectivity index (χ1n) is 7.61. The van der Waals surface area contributed by atoms with E-state index in [0.717, 1.165) is 31.9 Å². The summed E-state index contributed by atoms with van der Waals surface area (Å²) in [4.78, 5) is 16.1. The van der Waals surface area contributed by atoms with Crippen LogP contribution < -0.4 is 5.32 Å². The summed E-state index contributed by atoms with van der Waals surface area (Å²) in [6, 6.07) is 2.46. The highest BCUT2D eigenvalue weighted by Crippen LogP contribution is 2.28. The lowest BCUT2D eigenvalue weighted by Gasteiger charge is -2.31. The van der Waals surface area contributed by atoms with Gasteiger partial charge in [0.15, 0.2) is 0 Å². The number of carbonyl (C=O) groups excluding carboxylic acids is 1. The van der Waals surface area contributed by atoms with E-state index in [9.17, 15) is 9.18 Å². The molecule has 0 radical (unpaired) electrons. The second kappa shape index (κ2) is 6.82. The molecular weight excluding hydrogens is 301 g/mol. The normalized spacial score (nSPS) is 21.1. The van der Waals surface area contributed by atoms with Crippen molar-refractivity contribution in [1.29, 1.82) is 0 Å². The number of rotatable bonds is 4. The van der Waals surface area contributed by atoms with Crippen LogP contribution in [-0.4, -0.2) is 37.0 Å². The number of aromatic nitrogens is 4. The molecule has 2 heterocycles. The largest absolute Gasteiger partial charge is 0.390 e. The highest BCUT2D eigenvalue weighted by molar-refractivity contribution is 5.92. The second-order valence-electron chi connectivity index (χ2n) is 5.64. The maximum atomic E-state index is 12.9. The number of nitrogens with one attached hydrogen (secondary N) is 1. The minimum absolute atomic E-state index is 0.0130. The van der Waals surface area contributed by atoms with Gasteiger partial charge in [-0.15, -0.1) is 5.10 Å². The third-order valence-corrected chi connectivity index (χ3v) is 4.07. The number of amides is 1. The van der Waals surface area contributed by atoms with Gasteiger partial charge in [0.05, 0.1) is 31.1 Å². The van der Waals surface area contributed by atoms with Crippen molar-refractivity contribution in [3.05, 3.63) is 41.7 Å². The molecule has 2 N–H and O–H groups in total. The summed E-state index contributed by atoms with van der Waals surface area (Å²) in [6.07, 6.45) is 6.48. The molecule has 2 aromatic rings. The Hall–Kier alpha value is -2.35. The van der Waals surface area contributed by atoms with E-state index in [-0.39, 0.29) is 30.3 Å². The van der Waals surface area contributed by atoms with Gasteiger partial charge >= 0.3 is 0 Å². The molecule has 0 unspecified atom stereocenters. The molecule has 0 spiro atoms. The van der Waals surface area contributed by atoms with Crippen LogP contribution in [-0.2, 0) is 6.61 Å². The van der Waals surface area contributed by atoms with Crippen molar-refractivity contribution in [2.24, 2.45) is 0 Å². The molecule has 122 valence electrons. The van der Waals surface area contributed by atoms with Gasteiger partial charge in [0.1, 0.15) is 17.2 Å². The molecule has 0 saturated heterocycles. The lowest BCUT2D eigenvalue weighted by atomic mass is 9.90. The zero-order chi connectivity index (χ0) is 16.2. The van der Waals surface area contributed by atoms with Crippen molar-refractivity contribution in [3.63, 3.8) is 0 Å². The SMILES string of the molecule is O=C(N[C@H]1CCCC[C@H]1n1cc(CO)nn1)c1ccc(F)cn1. The van der Waals surface area contributed by atoms with Crippen LogP contribution in [0.2, 0.25) is 0 Å². The summed E-state index contributed by atoms with van der Waals surface area (Å²) in [5.41, 5.74) is 0.686. The van der Waals surface area contributed by atoms with E-state index in [1.165, 1.54) is 12.1 Å². The van der Waals surface area contributed by atoms with Crippen LogP contribution >= 0.6 is 0 Å². The molecule has 3 rings (SSSR count). The Balaban J connectivity index is 1.73. The summed E-state index contributed by atoms with van der Waals surface area (Å²) in [5.74, 6) is -0.805. The lowest BCUT2D eigenvalue weighted by molar-refractivity contribution is 0.0899. The molecule has 0 aromatic carbocycles. The average molecular weight is 319 g/mol. The van der Waals surface area contributed by atoms with E-state index >= 15 is 0 Å². The molecule has 0 bridgehead atoms. The fourth-order valence-electron chi connectivity index (χ4n) is 2.90. The van der Waals surface area contributed by atoms with Gasteiger partial charge in [0.2, 0.25) is 0 Å². The number of nitrogens with zero attached hydrogens (tertiary/aromatic N) is 4. The zero-order valence-electron chi connectivity index (χ0n) is 12.5. The smallest absolute Gasteiger partial charge is 0.270 e. The van der Waals surface area contributed by atoms with E-state index in [4.69, 9.17) is 5.11 Å². The third kappa shape index (κ3) is 3.53. The van der Waals surface area contributed by atoms with E-state index in [1.807, 2.05) is 0 Å². The summed E-state index contributed by atoms with van der Waals surface area (Å²) < 4.78 is 14.6. The topological polar surface area (TPSA) is 92.9 Å². The molecular formula is C15H18FN5O2. The van der Waals surface area contributed by atoms with E-state index in [1.54, 1.807) is 10.9 Å². The predicted octanol–water partition coefficient (Wildman–Crippen LogP) is 1.22. The highest BCUT2D eigenvalue weighted by Gasteiger charge is 2.29. The quantitative estimate of drug-likeness (QED) is 0.884. The summed E-state index contributed by atoms with van der Waals surface area (Å²) in [6.45, 7) is -0.163. The van der Waals surface area contributed by atoms with Crippen molar-refractivity contribution in [2.45, 2.75) is 44.4 Å². The van der Waals surface area contributed by atoms with Gasteiger partial charge in [-0.05, 0) is 25.0 Å². The number of hydrogen-bond donors (Lipinski definition) is 2. The third-order valence-electron chi connectivity index (χ3n) is 4.07. The van der Waals surface area contributed by atoms with Gasteiger partial charge in [-0.1, -0.05) is 18.1 Å². The summed E-state index contributed by atoms with van der Waals surface area (Å²) in [7, 11) is 0. The second-order valence-corrected chi connectivity index (χ2v) is 5.64. The Morgan fingerprint density at radius 1 is 1.39 bits per heavy atom. The number of aliphatic hydroxyl groups is 1. The Kier molecular flexibility index (Phi) is 4.61. The van der Waals surface area contributed by atoms with Crippen LogP contribution in [0.1, 0.15) is 47.9 Å². The van der Waals surface area contributed by atoms with Gasteiger partial charge in [0.25, 0.3) is 5.91 Å². The molecule has 0 aliphatic heterocycles. The Labute approximate surface area is 132 Å². The standard InChI is InChI=1S/C15H18FN5O2/c16-10-5-6-13(17-7-10)15(23)18-12-3-1-2-4-14(12)21-8-11(9-22)19-20-21/h5-8,12,14,22H,1-4,9H2,(H,18,23)/t12-,14+/m0/s1. The van der Waals surface area contributed by atoms with Crippen molar-refractivity contribution in [3.8, 4) is 0 Å². The Morgan fingerprint density at radius 3 is 2.91 bits per heavy atom. The van der Waals surface area contributed by atoms with Crippen LogP contribution in [0.3, 0.4) is 0 Å². The van der Waals surface area contributed by atoms with Crippen LogP contribution in [0.4, 0.5) is 4.39 Å². The van der Waals surface area contributed by atoms with Crippen LogP contribution in [0.5, 0.6) is 0 Å². The average Bonchev–Trinajstić information content (AvgIpc) is 3.05. The minimum atomic E-state index is -0.476. The van der Waals surface area contributed by atoms with Crippen molar-refractivity contribution < 1.29 is 14.3 Å². The Bertz CT molecular complexity index is 673. The molecule has 7 nitrogen and oxygen atoms in total. The molecule has 1 fully saturated rings. The predicted molar refractivity (Wildman–Crippen MR) is 78.9 cm³/mol. The molecule has 2 atom stereocenters. The maximum absolute atomic E-state index is 12.9. The van der Waals surface area contributed by atoms with Gasteiger partial charge in [-0.2, -0.15) is 0 Å². The monoisotopic (exact) mass is 319 g/mol. The fraction of sp³-hybridized carbons (Fsp3) is 0.467. The van der Waals surface area contributed by atoms with Crippen molar-refractivity contribution in [1.82, 2.24) is 25.3 Å². The fourth-order valence-corrected chi connectivity index (χ4v) is 2.90. The number of pyridine rings is 1. The molecule has 2 aromatic heterocycles. The molecule has 23 heavy (non-hydrogen) atoms. The van der Waals surface area contributed by atoms with Crippen molar-refractivity contribution in [2.75, 3.05) is 0 Å². The van der Waals surface area contributed by atoms with Crippen LogP contribution in [0.15, 0.2) is 24.5 Å². The summed E-state index contributed by atoms with van der Waals surface area (Å²) in [5, 5.41) is 20.0. The number of halogens is 1. The van der Waals surface area contributed by atoms with Gasteiger partial charge in [0, 0.05) is 0 Å². The van der Waals surface area contributed by atoms with Gasteiger partial charge in [-0.25, -0.2) is 14.1 Å². The molecule has 1 aliphatic rings. The van der Waals surface area contributed by atoms with E-state index in [2.05, 4.69) is 20.6 Å².